The highest BCUT2D eigenvalue weighted by molar-refractivity contribution is 6.66. The van der Waals surface area contributed by atoms with Crippen LogP contribution >= 0.6 is 34.8 Å². The second kappa shape index (κ2) is 6.72. The van der Waals surface area contributed by atoms with Gasteiger partial charge in [0.05, 0.1) is 18.1 Å². The Morgan fingerprint density at radius 1 is 1.29 bits per heavy atom. The number of carbonyl (C=O) groups is 1. The minimum Gasteiger partial charge on any atom is -0.243 e. The zero-order valence-corrected chi connectivity index (χ0v) is 13.5. The first-order valence-electron chi connectivity index (χ1n) is 6.38. The second-order valence-electron chi connectivity index (χ2n) is 4.38. The highest BCUT2D eigenvalue weighted by atomic mass is 35.6. The minimum absolute atomic E-state index is 0.143. The van der Waals surface area contributed by atoms with Gasteiger partial charge in [0.1, 0.15) is 5.69 Å². The van der Waals surface area contributed by atoms with Crippen molar-refractivity contribution in [2.24, 2.45) is 0 Å². The number of alkyl halides is 3. The highest BCUT2D eigenvalue weighted by Gasteiger charge is 2.35. The molecule has 10 heteroatoms. The van der Waals surface area contributed by atoms with E-state index in [1.807, 2.05) is 0 Å². The van der Waals surface area contributed by atoms with E-state index in [2.05, 4.69) is 27.5 Å². The molecule has 2 aromatic heterocycles. The van der Waals surface area contributed by atoms with Crippen molar-refractivity contribution in [3.8, 4) is 0 Å². The fourth-order valence-electron chi connectivity index (χ4n) is 1.85. The van der Waals surface area contributed by atoms with Crippen LogP contribution in [-0.2, 0) is 10.2 Å². The molecular weight excluding hydrogens is 339 g/mol. The molecule has 0 saturated heterocycles. The molecule has 0 fully saturated rings. The zero-order valence-electron chi connectivity index (χ0n) is 11.2. The standard InChI is InChI=1S/C11H13Cl3N6O/c1-2-3-4-5-8-9(11(12,13)14)20(18-16-8)10(21)19-7-6-15-17-19/h6-7H,2-5H2,1H3. The Kier molecular flexibility index (Phi) is 5.18. The topological polar surface area (TPSA) is 78.5 Å². The predicted octanol–water partition coefficient (Wildman–Crippen LogP) is 2.95. The van der Waals surface area contributed by atoms with Gasteiger partial charge in [0.15, 0.2) is 0 Å². The van der Waals surface area contributed by atoms with Gasteiger partial charge in [-0.25, -0.2) is 4.79 Å². The lowest BCUT2D eigenvalue weighted by Gasteiger charge is -2.13. The van der Waals surface area contributed by atoms with Gasteiger partial charge < -0.3 is 0 Å². The lowest BCUT2D eigenvalue weighted by molar-refractivity contribution is 0.236. The molecule has 7 nitrogen and oxygen atoms in total. The van der Waals surface area contributed by atoms with Crippen molar-refractivity contribution in [1.29, 1.82) is 0 Å². The van der Waals surface area contributed by atoms with Crippen LogP contribution in [0.1, 0.15) is 37.6 Å². The van der Waals surface area contributed by atoms with E-state index in [1.165, 1.54) is 12.4 Å². The Morgan fingerprint density at radius 3 is 2.62 bits per heavy atom. The van der Waals surface area contributed by atoms with E-state index in [0.717, 1.165) is 28.6 Å². The van der Waals surface area contributed by atoms with Gasteiger partial charge in [0.2, 0.25) is 3.79 Å². The molecule has 0 aromatic carbocycles. The summed E-state index contributed by atoms with van der Waals surface area (Å²) in [7, 11) is 0. The van der Waals surface area contributed by atoms with Crippen LogP contribution in [0.25, 0.3) is 0 Å². The number of rotatable bonds is 4. The van der Waals surface area contributed by atoms with E-state index < -0.39 is 9.82 Å². The molecule has 0 aliphatic heterocycles. The monoisotopic (exact) mass is 350 g/mol. The molecule has 2 aromatic rings. The lowest BCUT2D eigenvalue weighted by atomic mass is 10.1. The third-order valence-electron chi connectivity index (χ3n) is 2.83. The maximum atomic E-state index is 12.3. The van der Waals surface area contributed by atoms with Gasteiger partial charge in [-0.15, -0.1) is 10.2 Å². The second-order valence-corrected chi connectivity index (χ2v) is 6.66. The summed E-state index contributed by atoms with van der Waals surface area (Å²) in [6, 6.07) is -0.608. The maximum absolute atomic E-state index is 12.3. The summed E-state index contributed by atoms with van der Waals surface area (Å²) in [4.78, 5) is 12.3. The van der Waals surface area contributed by atoms with Crippen LogP contribution in [-0.4, -0.2) is 36.0 Å². The number of nitrogens with zero attached hydrogens (tertiary/aromatic N) is 6. The molecule has 2 heterocycles. The maximum Gasteiger partial charge on any atom is 0.372 e. The van der Waals surface area contributed by atoms with Gasteiger partial charge in [-0.05, 0) is 12.8 Å². The van der Waals surface area contributed by atoms with E-state index >= 15 is 0 Å². The smallest absolute Gasteiger partial charge is 0.243 e. The summed E-state index contributed by atoms with van der Waals surface area (Å²) in [6.45, 7) is 2.08. The molecule has 0 radical (unpaired) electrons. The van der Waals surface area contributed by atoms with Crippen LogP contribution in [0.2, 0.25) is 0 Å². The Hall–Kier alpha value is -1.18. The Balaban J connectivity index is 2.35. The molecule has 114 valence electrons. The Bertz CT molecular complexity index is 604. The van der Waals surface area contributed by atoms with Crippen LogP contribution in [0.15, 0.2) is 12.4 Å². The fourth-order valence-corrected chi connectivity index (χ4v) is 2.42. The minimum atomic E-state index is -1.80. The van der Waals surface area contributed by atoms with Crippen LogP contribution < -0.4 is 0 Å². The average molecular weight is 352 g/mol. The van der Waals surface area contributed by atoms with Gasteiger partial charge in [0.25, 0.3) is 0 Å². The van der Waals surface area contributed by atoms with Crippen molar-refractivity contribution in [2.45, 2.75) is 36.4 Å². The van der Waals surface area contributed by atoms with E-state index in [-0.39, 0.29) is 5.69 Å². The molecule has 2 rings (SSSR count). The van der Waals surface area contributed by atoms with Crippen molar-refractivity contribution in [3.63, 3.8) is 0 Å². The highest BCUT2D eigenvalue weighted by Crippen LogP contribution is 2.39. The SMILES string of the molecule is CCCCCc1nnn(C(=O)n2ccnn2)c1C(Cl)(Cl)Cl. The molecular formula is C11H13Cl3N6O. The lowest BCUT2D eigenvalue weighted by Crippen LogP contribution is -2.26. The first kappa shape index (κ1) is 16.2. The van der Waals surface area contributed by atoms with Crippen molar-refractivity contribution < 1.29 is 4.79 Å². The number of hydrogen-bond donors (Lipinski definition) is 0. The zero-order chi connectivity index (χ0) is 15.5. The molecule has 0 N–H and O–H groups in total. The quantitative estimate of drug-likeness (QED) is 0.625. The molecule has 0 amide bonds. The van der Waals surface area contributed by atoms with E-state index in [4.69, 9.17) is 34.8 Å². The fraction of sp³-hybridized carbons (Fsp3) is 0.545. The van der Waals surface area contributed by atoms with Crippen molar-refractivity contribution in [3.05, 3.63) is 23.8 Å². The summed E-state index contributed by atoms with van der Waals surface area (Å²) in [5, 5.41) is 14.9. The number of carbonyl (C=O) groups excluding carboxylic acids is 1. The molecule has 0 unspecified atom stereocenters. The third kappa shape index (κ3) is 3.72. The molecule has 0 spiro atoms. The normalized spacial score (nSPS) is 11.8. The van der Waals surface area contributed by atoms with Gasteiger partial charge in [-0.1, -0.05) is 65.0 Å². The van der Waals surface area contributed by atoms with Crippen molar-refractivity contribution >= 4 is 40.8 Å². The summed E-state index contributed by atoms with van der Waals surface area (Å²) in [5.41, 5.74) is 0.640. The largest absolute Gasteiger partial charge is 0.372 e. The molecule has 0 bridgehead atoms. The molecule has 0 saturated carbocycles. The Labute approximate surface area is 136 Å². The summed E-state index contributed by atoms with van der Waals surface area (Å²) >= 11 is 17.9. The number of aryl methyl sites for hydroxylation is 1. The molecule has 0 aliphatic rings. The Morgan fingerprint density at radius 2 is 2.05 bits per heavy atom. The van der Waals surface area contributed by atoms with Crippen LogP contribution in [0.5, 0.6) is 0 Å². The summed E-state index contributed by atoms with van der Waals surface area (Å²) in [5.74, 6) is 0. The molecule has 0 aliphatic carbocycles. The van der Waals surface area contributed by atoms with Gasteiger partial charge in [-0.2, -0.15) is 9.36 Å². The third-order valence-corrected chi connectivity index (χ3v) is 3.36. The van der Waals surface area contributed by atoms with Gasteiger partial charge in [0, 0.05) is 0 Å². The first-order chi connectivity index (χ1) is 9.95. The van der Waals surface area contributed by atoms with Crippen LogP contribution in [0.4, 0.5) is 4.79 Å². The molecule has 0 atom stereocenters. The van der Waals surface area contributed by atoms with E-state index in [0.29, 0.717) is 12.1 Å². The van der Waals surface area contributed by atoms with E-state index in [9.17, 15) is 4.79 Å². The number of halogens is 3. The van der Waals surface area contributed by atoms with Crippen LogP contribution in [0, 0.1) is 0 Å². The van der Waals surface area contributed by atoms with Crippen molar-refractivity contribution in [1.82, 2.24) is 30.0 Å². The van der Waals surface area contributed by atoms with Gasteiger partial charge >= 0.3 is 6.03 Å². The summed E-state index contributed by atoms with van der Waals surface area (Å²) in [6.07, 6.45) is 6.27. The van der Waals surface area contributed by atoms with Crippen molar-refractivity contribution in [2.75, 3.05) is 0 Å². The number of unbranched alkanes of at least 4 members (excludes halogenated alkanes) is 2. The van der Waals surface area contributed by atoms with Gasteiger partial charge in [-0.3, -0.25) is 0 Å². The summed E-state index contributed by atoms with van der Waals surface area (Å²) < 4.78 is 0.134. The predicted molar refractivity (Wildman–Crippen MR) is 78.7 cm³/mol. The number of hydrogen-bond acceptors (Lipinski definition) is 5. The average Bonchev–Trinajstić information content (AvgIpc) is 3.07. The van der Waals surface area contributed by atoms with Crippen LogP contribution in [0.3, 0.4) is 0 Å². The first-order valence-corrected chi connectivity index (χ1v) is 7.51. The van der Waals surface area contributed by atoms with E-state index in [1.54, 1.807) is 0 Å². The number of aromatic nitrogens is 6. The molecule has 21 heavy (non-hydrogen) atoms.